The number of thioether (sulfide) groups is 1. The van der Waals surface area contributed by atoms with Crippen LogP contribution in [-0.4, -0.2) is 28.4 Å². The molecule has 23 heavy (non-hydrogen) atoms. The van der Waals surface area contributed by atoms with Gasteiger partial charge in [-0.05, 0) is 23.6 Å². The Morgan fingerprint density at radius 2 is 2.17 bits per heavy atom. The van der Waals surface area contributed by atoms with Gasteiger partial charge in [0.1, 0.15) is 5.56 Å². The average Bonchev–Trinajstić information content (AvgIpc) is 3.00. The average molecular weight is 352 g/mol. The highest BCUT2D eigenvalue weighted by atomic mass is 35.5. The van der Waals surface area contributed by atoms with Crippen LogP contribution in [0.1, 0.15) is 35.7 Å². The summed E-state index contributed by atoms with van der Waals surface area (Å²) in [4.78, 5) is 32.0. The smallest absolute Gasteiger partial charge is 0.262 e. The fourth-order valence-electron chi connectivity index (χ4n) is 2.34. The zero-order valence-corrected chi connectivity index (χ0v) is 14.5. The summed E-state index contributed by atoms with van der Waals surface area (Å²) < 4.78 is 0. The van der Waals surface area contributed by atoms with Gasteiger partial charge in [-0.25, -0.2) is 0 Å². The van der Waals surface area contributed by atoms with Crippen molar-refractivity contribution in [3.8, 4) is 0 Å². The van der Waals surface area contributed by atoms with Crippen molar-refractivity contribution in [3.05, 3.63) is 45.7 Å². The fraction of sp³-hybridized carbons (Fsp3) is 0.312. The Kier molecular flexibility index (Phi) is 5.49. The molecule has 0 unspecified atom stereocenters. The van der Waals surface area contributed by atoms with Crippen molar-refractivity contribution < 1.29 is 4.79 Å². The van der Waals surface area contributed by atoms with E-state index in [1.54, 1.807) is 0 Å². The third kappa shape index (κ3) is 3.59. The first-order chi connectivity index (χ1) is 10.6. The largest absolute Gasteiger partial charge is 0.360 e. The van der Waals surface area contributed by atoms with E-state index in [1.165, 1.54) is 18.0 Å². The molecule has 0 radical (unpaired) electrons. The Morgan fingerprint density at radius 1 is 1.39 bits per heavy atom. The molecule has 1 aliphatic heterocycles. The van der Waals surface area contributed by atoms with Gasteiger partial charge >= 0.3 is 0 Å². The van der Waals surface area contributed by atoms with Crippen LogP contribution in [0.3, 0.4) is 0 Å². The number of aromatic nitrogens is 1. The van der Waals surface area contributed by atoms with Crippen LogP contribution < -0.4 is 10.7 Å². The number of benzene rings is 1. The number of amidine groups is 1. The zero-order chi connectivity index (χ0) is 15.7. The fourth-order valence-corrected chi connectivity index (χ4v) is 3.06. The number of fused-ring (bicyclic) bond motifs is 1. The second-order valence-corrected chi connectivity index (χ2v) is 6.56. The molecule has 1 aliphatic rings. The normalized spacial score (nSPS) is 13.8. The predicted molar refractivity (Wildman–Crippen MR) is 98.1 cm³/mol. The van der Waals surface area contributed by atoms with E-state index in [9.17, 15) is 9.59 Å². The highest BCUT2D eigenvalue weighted by Crippen LogP contribution is 2.18. The lowest BCUT2D eigenvalue weighted by Crippen LogP contribution is -2.31. The Hall–Kier alpha value is -1.79. The molecule has 0 atom stereocenters. The first-order valence-electron chi connectivity index (χ1n) is 7.20. The van der Waals surface area contributed by atoms with Gasteiger partial charge in [-0.3, -0.25) is 14.6 Å². The van der Waals surface area contributed by atoms with E-state index in [2.05, 4.69) is 29.1 Å². The maximum absolute atomic E-state index is 12.6. The molecule has 2 heterocycles. The number of hydrogen-bond donors (Lipinski definition) is 2. The summed E-state index contributed by atoms with van der Waals surface area (Å²) >= 11 is 1.49. The van der Waals surface area contributed by atoms with Crippen LogP contribution >= 0.6 is 24.2 Å². The van der Waals surface area contributed by atoms with E-state index in [1.807, 2.05) is 18.2 Å². The van der Waals surface area contributed by atoms with Crippen molar-refractivity contribution in [1.29, 1.82) is 0 Å². The highest BCUT2D eigenvalue weighted by molar-refractivity contribution is 8.14. The molecule has 122 valence electrons. The minimum absolute atomic E-state index is 0. The lowest BCUT2D eigenvalue weighted by Gasteiger charge is -2.08. The first kappa shape index (κ1) is 17.6. The van der Waals surface area contributed by atoms with Gasteiger partial charge < -0.3 is 10.3 Å². The van der Waals surface area contributed by atoms with Crippen LogP contribution in [0.2, 0.25) is 0 Å². The third-order valence-electron chi connectivity index (χ3n) is 3.62. The second-order valence-electron chi connectivity index (χ2n) is 5.48. The highest BCUT2D eigenvalue weighted by Gasteiger charge is 2.17. The molecule has 0 aliphatic carbocycles. The number of halogens is 1. The van der Waals surface area contributed by atoms with Gasteiger partial charge in [0.2, 0.25) is 5.43 Å². The lowest BCUT2D eigenvalue weighted by molar-refractivity contribution is 0.0977. The first-order valence-corrected chi connectivity index (χ1v) is 8.19. The molecule has 3 rings (SSSR count). The molecule has 0 fully saturated rings. The molecule has 1 aromatic carbocycles. The quantitative estimate of drug-likeness (QED) is 0.873. The van der Waals surface area contributed by atoms with Crippen molar-refractivity contribution >= 4 is 46.1 Å². The Morgan fingerprint density at radius 3 is 2.83 bits per heavy atom. The predicted octanol–water partition coefficient (Wildman–Crippen LogP) is 2.91. The van der Waals surface area contributed by atoms with Gasteiger partial charge in [0.15, 0.2) is 5.17 Å². The summed E-state index contributed by atoms with van der Waals surface area (Å²) in [6, 6.07) is 5.73. The van der Waals surface area contributed by atoms with Crippen molar-refractivity contribution in [2.45, 2.75) is 19.8 Å². The van der Waals surface area contributed by atoms with Crippen LogP contribution in [0.4, 0.5) is 0 Å². The number of rotatable bonds is 2. The number of carbonyl (C=O) groups is 1. The molecular formula is C16H18ClN3O2S. The molecule has 0 saturated heterocycles. The van der Waals surface area contributed by atoms with Gasteiger partial charge in [0.25, 0.3) is 5.91 Å². The number of carbonyl (C=O) groups excluding carboxylic acids is 1. The molecule has 0 spiro atoms. The monoisotopic (exact) mass is 351 g/mol. The number of nitrogens with zero attached hydrogens (tertiary/aromatic N) is 1. The summed E-state index contributed by atoms with van der Waals surface area (Å²) in [6.45, 7) is 4.84. The lowest BCUT2D eigenvalue weighted by atomic mass is 10.0. The summed E-state index contributed by atoms with van der Waals surface area (Å²) in [6.07, 6.45) is 1.47. The van der Waals surface area contributed by atoms with Gasteiger partial charge in [0, 0.05) is 22.9 Å². The summed E-state index contributed by atoms with van der Waals surface area (Å²) in [5.74, 6) is 0.776. The third-order valence-corrected chi connectivity index (χ3v) is 4.51. The van der Waals surface area contributed by atoms with E-state index in [0.29, 0.717) is 23.0 Å². The van der Waals surface area contributed by atoms with Gasteiger partial charge in [0.05, 0.1) is 6.54 Å². The van der Waals surface area contributed by atoms with E-state index < -0.39 is 5.91 Å². The van der Waals surface area contributed by atoms with Crippen LogP contribution in [0, 0.1) is 0 Å². The van der Waals surface area contributed by atoms with Crippen LogP contribution in [0.5, 0.6) is 0 Å². The summed E-state index contributed by atoms with van der Waals surface area (Å²) in [5.41, 5.74) is 1.67. The molecular weight excluding hydrogens is 334 g/mol. The summed E-state index contributed by atoms with van der Waals surface area (Å²) in [5, 5.41) is 3.82. The van der Waals surface area contributed by atoms with Gasteiger partial charge in [-0.1, -0.05) is 31.7 Å². The molecule has 0 bridgehead atoms. The van der Waals surface area contributed by atoms with E-state index in [0.717, 1.165) is 16.8 Å². The number of hydrogen-bond acceptors (Lipinski definition) is 4. The maximum atomic E-state index is 12.6. The van der Waals surface area contributed by atoms with E-state index in [-0.39, 0.29) is 23.4 Å². The topological polar surface area (TPSA) is 74.3 Å². The maximum Gasteiger partial charge on any atom is 0.262 e. The van der Waals surface area contributed by atoms with Crippen LogP contribution in [0.25, 0.3) is 10.9 Å². The Labute approximate surface area is 144 Å². The van der Waals surface area contributed by atoms with Crippen molar-refractivity contribution in [2.24, 2.45) is 4.99 Å². The van der Waals surface area contributed by atoms with Crippen LogP contribution in [0.15, 0.2) is 34.2 Å². The van der Waals surface area contributed by atoms with E-state index in [4.69, 9.17) is 0 Å². The molecule has 5 nitrogen and oxygen atoms in total. The zero-order valence-electron chi connectivity index (χ0n) is 12.9. The van der Waals surface area contributed by atoms with E-state index >= 15 is 0 Å². The van der Waals surface area contributed by atoms with Gasteiger partial charge in [-0.2, -0.15) is 0 Å². The molecule has 1 amide bonds. The second kappa shape index (κ2) is 7.19. The van der Waals surface area contributed by atoms with Crippen molar-refractivity contribution in [2.75, 3.05) is 12.3 Å². The SMILES string of the molecule is CC(C)c1ccc2[nH]cc(C(=O)NC3=NCCS3)c(=O)c2c1.Cl. The Bertz CT molecular complexity index is 830. The van der Waals surface area contributed by atoms with Crippen LogP contribution in [-0.2, 0) is 0 Å². The minimum Gasteiger partial charge on any atom is -0.360 e. The van der Waals surface area contributed by atoms with Crippen molar-refractivity contribution in [3.63, 3.8) is 0 Å². The molecule has 2 aromatic rings. The molecule has 2 N–H and O–H groups in total. The number of amides is 1. The number of aliphatic imine (C=N–C) groups is 1. The molecule has 0 saturated carbocycles. The molecule has 1 aromatic heterocycles. The number of H-pyrrole nitrogens is 1. The Balaban J connectivity index is 0.00000192. The summed E-state index contributed by atoms with van der Waals surface area (Å²) in [7, 11) is 0. The van der Waals surface area contributed by atoms with Crippen molar-refractivity contribution in [1.82, 2.24) is 10.3 Å². The molecule has 7 heteroatoms. The number of aromatic amines is 1. The van der Waals surface area contributed by atoms with Gasteiger partial charge in [-0.15, -0.1) is 12.4 Å². The number of nitrogens with one attached hydrogen (secondary N) is 2. The standard InChI is InChI=1S/C16H17N3O2S.ClH/c1-9(2)10-3-4-13-11(7-10)14(20)12(8-18-13)15(21)19-16-17-5-6-22-16;/h3-4,7-9H,5-6H2,1-2H3,(H,18,20)(H,17,19,21);1H. The number of pyridine rings is 1. The minimum atomic E-state index is -0.411.